The molecule has 0 saturated heterocycles. The van der Waals surface area contributed by atoms with Crippen molar-refractivity contribution in [2.24, 2.45) is 0 Å². The molecule has 3 heteroatoms. The third kappa shape index (κ3) is 5.89. The molecule has 1 heterocycles. The Kier molecular flexibility index (Phi) is 8.49. The van der Waals surface area contributed by atoms with Crippen molar-refractivity contribution in [2.45, 2.75) is 19.3 Å². The van der Waals surface area contributed by atoms with E-state index in [1.165, 1.54) is 55.2 Å². The van der Waals surface area contributed by atoms with Gasteiger partial charge in [0.05, 0.1) is 11.0 Å². The molecule has 286 valence electrons. The zero-order valence-electron chi connectivity index (χ0n) is 33.7. The number of aromatic nitrogens is 1. The van der Waals surface area contributed by atoms with Gasteiger partial charge >= 0.3 is 0 Å². The summed E-state index contributed by atoms with van der Waals surface area (Å²) in [5.74, 6) is 0. The van der Waals surface area contributed by atoms with E-state index >= 15 is 0 Å². The predicted octanol–water partition coefficient (Wildman–Crippen LogP) is 15.7. The molecule has 0 aliphatic heterocycles. The van der Waals surface area contributed by atoms with Gasteiger partial charge in [-0.05, 0) is 137 Å². The fourth-order valence-corrected chi connectivity index (χ4v) is 9.43. The van der Waals surface area contributed by atoms with Crippen molar-refractivity contribution < 1.29 is 0 Å². The van der Waals surface area contributed by atoms with E-state index in [4.69, 9.17) is 0 Å². The van der Waals surface area contributed by atoms with E-state index in [1.54, 1.807) is 0 Å². The number of para-hydroxylation sites is 3. The second-order valence-corrected chi connectivity index (χ2v) is 16.2. The van der Waals surface area contributed by atoms with Gasteiger partial charge in [-0.15, -0.1) is 0 Å². The van der Waals surface area contributed by atoms with Gasteiger partial charge in [-0.1, -0.05) is 135 Å². The molecule has 1 aliphatic rings. The van der Waals surface area contributed by atoms with E-state index < -0.39 is 0 Å². The van der Waals surface area contributed by atoms with Crippen LogP contribution >= 0.6 is 0 Å². The first kappa shape index (κ1) is 35.5. The van der Waals surface area contributed by atoms with Gasteiger partial charge in [-0.25, -0.2) is 0 Å². The van der Waals surface area contributed by atoms with Crippen LogP contribution in [0.5, 0.6) is 0 Å². The lowest BCUT2D eigenvalue weighted by Crippen LogP contribution is -2.14. The Morgan fingerprint density at radius 2 is 0.783 bits per heavy atom. The van der Waals surface area contributed by atoms with Gasteiger partial charge in [-0.2, -0.15) is 0 Å². The van der Waals surface area contributed by atoms with Crippen molar-refractivity contribution in [2.75, 3.05) is 9.80 Å². The molecule has 11 rings (SSSR count). The summed E-state index contributed by atoms with van der Waals surface area (Å²) >= 11 is 0. The lowest BCUT2D eigenvalue weighted by molar-refractivity contribution is 0.661. The zero-order chi connectivity index (χ0) is 40.2. The maximum atomic E-state index is 2.48. The Morgan fingerprint density at radius 3 is 1.38 bits per heavy atom. The molecule has 0 bridgehead atoms. The number of nitrogens with zero attached hydrogens (tertiary/aromatic N) is 3. The molecule has 1 aromatic heterocycles. The van der Waals surface area contributed by atoms with Gasteiger partial charge in [0.1, 0.15) is 0 Å². The maximum absolute atomic E-state index is 2.48. The molecule has 0 saturated carbocycles. The summed E-state index contributed by atoms with van der Waals surface area (Å²) in [6.07, 6.45) is 0. The minimum absolute atomic E-state index is 0.122. The van der Waals surface area contributed by atoms with Gasteiger partial charge in [0, 0.05) is 56.0 Å². The number of rotatable bonds is 8. The summed E-state index contributed by atoms with van der Waals surface area (Å²) in [5, 5.41) is 2.47. The molecule has 0 amide bonds. The average Bonchev–Trinajstić information content (AvgIpc) is 3.74. The van der Waals surface area contributed by atoms with Crippen LogP contribution in [0.4, 0.5) is 34.1 Å². The van der Waals surface area contributed by atoms with Crippen molar-refractivity contribution in [3.8, 4) is 27.9 Å². The smallest absolute Gasteiger partial charge is 0.0547 e. The van der Waals surface area contributed by atoms with Crippen LogP contribution in [0.25, 0.3) is 49.7 Å². The van der Waals surface area contributed by atoms with E-state index in [2.05, 4.69) is 253 Å². The van der Waals surface area contributed by atoms with Crippen LogP contribution in [0.2, 0.25) is 0 Å². The molecule has 0 N–H and O–H groups in total. The topological polar surface area (TPSA) is 11.4 Å². The van der Waals surface area contributed by atoms with Crippen LogP contribution in [0.15, 0.2) is 224 Å². The first-order valence-electron chi connectivity index (χ1n) is 20.8. The molecule has 60 heavy (non-hydrogen) atoms. The third-order valence-electron chi connectivity index (χ3n) is 12.4. The lowest BCUT2D eigenvalue weighted by Gasteiger charge is -2.26. The van der Waals surface area contributed by atoms with E-state index in [0.29, 0.717) is 0 Å². The Hall–Kier alpha value is -7.62. The first-order valence-corrected chi connectivity index (χ1v) is 20.8. The highest BCUT2D eigenvalue weighted by Gasteiger charge is 2.36. The summed E-state index contributed by atoms with van der Waals surface area (Å²) in [4.78, 5) is 4.69. The maximum Gasteiger partial charge on any atom is 0.0547 e. The number of anilines is 6. The van der Waals surface area contributed by atoms with Crippen molar-refractivity contribution in [1.82, 2.24) is 4.57 Å². The Morgan fingerprint density at radius 1 is 0.333 bits per heavy atom. The number of fused-ring (bicyclic) bond motifs is 6. The first-order chi connectivity index (χ1) is 29.5. The van der Waals surface area contributed by atoms with Crippen molar-refractivity contribution in [3.63, 3.8) is 0 Å². The Bertz CT molecular complexity index is 3090. The number of hydrogen-bond acceptors (Lipinski definition) is 2. The number of benzene rings is 9. The highest BCUT2D eigenvalue weighted by molar-refractivity contribution is 6.12. The van der Waals surface area contributed by atoms with Crippen LogP contribution in [0.3, 0.4) is 0 Å². The lowest BCUT2D eigenvalue weighted by atomic mass is 9.82. The summed E-state index contributed by atoms with van der Waals surface area (Å²) in [5.41, 5.74) is 17.8. The fraction of sp³-hybridized carbons (Fsp3) is 0.0526. The van der Waals surface area contributed by atoms with Gasteiger partial charge in [0.25, 0.3) is 0 Å². The standard InChI is InChI=1S/C57H43N3/c1-57(2)53-26-16-15-25-49(53)50-39-56-52(38-54(50)57)51-37-48(59(44-23-13-6-14-24-44)45-29-27-41(28-30-45)40-17-7-3-8-18-40)35-36-55(51)60(56)47-33-31-46(32-34-47)58(42-19-9-4-10-20-42)43-21-11-5-12-22-43/h3-39H,1-2H3. The third-order valence-corrected chi connectivity index (χ3v) is 12.4. The van der Waals surface area contributed by atoms with Crippen LogP contribution in [-0.2, 0) is 5.41 Å². The molecule has 10 aromatic rings. The van der Waals surface area contributed by atoms with Gasteiger partial charge in [0.2, 0.25) is 0 Å². The Balaban J connectivity index is 1.10. The monoisotopic (exact) mass is 769 g/mol. The largest absolute Gasteiger partial charge is 0.311 e. The van der Waals surface area contributed by atoms with Gasteiger partial charge < -0.3 is 14.4 Å². The highest BCUT2D eigenvalue weighted by Crippen LogP contribution is 2.51. The highest BCUT2D eigenvalue weighted by atomic mass is 15.1. The molecule has 1 aliphatic carbocycles. The van der Waals surface area contributed by atoms with Crippen LogP contribution in [0.1, 0.15) is 25.0 Å². The molecule has 0 spiro atoms. The SMILES string of the molecule is CC1(C)c2ccccc2-c2cc3c(cc21)c1cc(N(c2ccccc2)c2ccc(-c4ccccc4)cc2)ccc1n3-c1ccc(N(c2ccccc2)c2ccccc2)cc1. The van der Waals surface area contributed by atoms with Crippen molar-refractivity contribution in [3.05, 3.63) is 236 Å². The fourth-order valence-electron chi connectivity index (χ4n) is 9.43. The normalized spacial score (nSPS) is 12.6. The minimum atomic E-state index is -0.122. The molecule has 0 fully saturated rings. The van der Waals surface area contributed by atoms with Crippen LogP contribution in [-0.4, -0.2) is 4.57 Å². The van der Waals surface area contributed by atoms with E-state index in [-0.39, 0.29) is 5.41 Å². The molecule has 0 unspecified atom stereocenters. The summed E-state index contributed by atoms with van der Waals surface area (Å²) in [6, 6.07) is 81.4. The van der Waals surface area contributed by atoms with Crippen molar-refractivity contribution in [1.29, 1.82) is 0 Å². The second-order valence-electron chi connectivity index (χ2n) is 16.2. The number of hydrogen-bond donors (Lipinski definition) is 0. The minimum Gasteiger partial charge on any atom is -0.311 e. The molecule has 9 aromatic carbocycles. The van der Waals surface area contributed by atoms with E-state index in [1.807, 2.05) is 0 Å². The molecular weight excluding hydrogens is 727 g/mol. The van der Waals surface area contributed by atoms with Gasteiger partial charge in [-0.3, -0.25) is 0 Å². The predicted molar refractivity (Wildman–Crippen MR) is 253 cm³/mol. The summed E-state index contributed by atoms with van der Waals surface area (Å²) < 4.78 is 2.46. The zero-order valence-corrected chi connectivity index (χ0v) is 33.7. The average molecular weight is 770 g/mol. The quantitative estimate of drug-likeness (QED) is 0.152. The van der Waals surface area contributed by atoms with Gasteiger partial charge in [0.15, 0.2) is 0 Å². The van der Waals surface area contributed by atoms with Crippen LogP contribution < -0.4 is 9.80 Å². The molecule has 0 atom stereocenters. The van der Waals surface area contributed by atoms with Crippen LogP contribution in [0, 0.1) is 0 Å². The van der Waals surface area contributed by atoms with E-state index in [0.717, 1.165) is 39.8 Å². The summed E-state index contributed by atoms with van der Waals surface area (Å²) in [7, 11) is 0. The molecule has 3 nitrogen and oxygen atoms in total. The van der Waals surface area contributed by atoms with Crippen molar-refractivity contribution >= 4 is 55.9 Å². The molecular formula is C57H43N3. The summed E-state index contributed by atoms with van der Waals surface area (Å²) in [6.45, 7) is 4.74. The Labute approximate surface area is 351 Å². The molecule has 0 radical (unpaired) electrons. The van der Waals surface area contributed by atoms with E-state index in [9.17, 15) is 0 Å². The second kappa shape index (κ2) is 14.3.